The highest BCUT2D eigenvalue weighted by molar-refractivity contribution is 7.33. The van der Waals surface area contributed by atoms with E-state index in [2.05, 4.69) is 160 Å². The molecule has 8 aromatic rings. The van der Waals surface area contributed by atoms with E-state index in [0.29, 0.717) is 0 Å². The van der Waals surface area contributed by atoms with Crippen LogP contribution in [0.3, 0.4) is 0 Å². The average Bonchev–Trinajstić information content (AvgIpc) is 4.17. The number of unbranched alkanes of at least 4 members (excludes halogenated alkanes) is 9. The molecule has 8 rings (SSSR count). The largest absolute Gasteiger partial charge is 0.376 e. The Morgan fingerprint density at radius 2 is 0.723 bits per heavy atom. The third kappa shape index (κ3) is 10.5. The third-order valence-corrected chi connectivity index (χ3v) is 17.8. The first-order valence-electron chi connectivity index (χ1n) is 24.3. The third-order valence-electron chi connectivity index (χ3n) is 13.3. The van der Waals surface area contributed by atoms with Gasteiger partial charge in [-0.3, -0.25) is 0 Å². The van der Waals surface area contributed by atoms with E-state index in [1.165, 1.54) is 114 Å². The van der Waals surface area contributed by atoms with Gasteiger partial charge in [0.2, 0.25) is 0 Å². The zero-order valence-corrected chi connectivity index (χ0v) is 42.1. The summed E-state index contributed by atoms with van der Waals surface area (Å²) in [5, 5.41) is 30.7. The second kappa shape index (κ2) is 22.1. The molecule has 2 N–H and O–H groups in total. The molecular formula is C59H66O2S4. The van der Waals surface area contributed by atoms with Gasteiger partial charge in [-0.2, -0.15) is 0 Å². The van der Waals surface area contributed by atoms with Gasteiger partial charge in [0.1, 0.15) is 11.2 Å². The fraction of sp³-hybridized carbons (Fsp3) is 0.356. The normalized spacial score (nSPS) is 12.9. The smallest absolute Gasteiger partial charge is 0.142 e. The predicted molar refractivity (Wildman–Crippen MR) is 285 cm³/mol. The highest BCUT2D eigenvalue weighted by Gasteiger charge is 2.39. The number of thiophene rings is 4. The molecule has 0 aliphatic carbocycles. The minimum atomic E-state index is -1.32. The van der Waals surface area contributed by atoms with E-state index >= 15 is 0 Å². The molecule has 0 saturated carbocycles. The minimum absolute atomic E-state index is 0.875. The molecule has 4 heterocycles. The Hall–Kier alpha value is -4.14. The average molecular weight is 935 g/mol. The van der Waals surface area contributed by atoms with Crippen LogP contribution in [0.2, 0.25) is 0 Å². The molecule has 0 spiro atoms. The van der Waals surface area contributed by atoms with Crippen LogP contribution in [0.25, 0.3) is 28.9 Å². The van der Waals surface area contributed by atoms with Crippen molar-refractivity contribution in [2.75, 3.05) is 0 Å². The van der Waals surface area contributed by atoms with Gasteiger partial charge < -0.3 is 10.2 Å². The van der Waals surface area contributed by atoms with Gasteiger partial charge >= 0.3 is 0 Å². The Morgan fingerprint density at radius 3 is 1.05 bits per heavy atom. The first kappa shape index (κ1) is 47.4. The second-order valence-electron chi connectivity index (χ2n) is 18.1. The van der Waals surface area contributed by atoms with Gasteiger partial charge in [-0.1, -0.05) is 181 Å². The lowest BCUT2D eigenvalue weighted by atomic mass is 9.79. The summed E-state index contributed by atoms with van der Waals surface area (Å²) in [7, 11) is 0. The van der Waals surface area contributed by atoms with Crippen molar-refractivity contribution in [2.24, 2.45) is 0 Å². The Labute approximate surface area is 404 Å². The topological polar surface area (TPSA) is 40.5 Å². The van der Waals surface area contributed by atoms with Crippen LogP contribution < -0.4 is 0 Å². The van der Waals surface area contributed by atoms with Gasteiger partial charge in [-0.15, -0.1) is 45.3 Å². The fourth-order valence-electron chi connectivity index (χ4n) is 9.39. The molecule has 6 heteroatoms. The highest BCUT2D eigenvalue weighted by Crippen LogP contribution is 2.51. The maximum Gasteiger partial charge on any atom is 0.142 e. The lowest BCUT2D eigenvalue weighted by Crippen LogP contribution is -2.29. The molecule has 2 nitrogen and oxygen atoms in total. The molecule has 4 aromatic carbocycles. The van der Waals surface area contributed by atoms with E-state index in [-0.39, 0.29) is 0 Å². The molecule has 0 fully saturated rings. The van der Waals surface area contributed by atoms with Gasteiger partial charge in [0, 0.05) is 30.3 Å². The van der Waals surface area contributed by atoms with Crippen LogP contribution in [0.5, 0.6) is 0 Å². The van der Waals surface area contributed by atoms with Gasteiger partial charge in [-0.05, 0) is 119 Å². The van der Waals surface area contributed by atoms with Crippen LogP contribution in [0, 0.1) is 6.92 Å². The lowest BCUT2D eigenvalue weighted by Gasteiger charge is -2.31. The maximum absolute atomic E-state index is 13.3. The van der Waals surface area contributed by atoms with Crippen LogP contribution in [0.1, 0.15) is 153 Å². The minimum Gasteiger partial charge on any atom is -0.376 e. The zero-order valence-electron chi connectivity index (χ0n) is 38.8. The number of benzene rings is 4. The van der Waals surface area contributed by atoms with Crippen molar-refractivity contribution in [1.82, 2.24) is 0 Å². The molecule has 1 unspecified atom stereocenters. The van der Waals surface area contributed by atoms with Crippen molar-refractivity contribution < 1.29 is 10.2 Å². The van der Waals surface area contributed by atoms with E-state index < -0.39 is 11.2 Å². The van der Waals surface area contributed by atoms with E-state index in [9.17, 15) is 10.2 Å². The van der Waals surface area contributed by atoms with Crippen LogP contribution in [0.4, 0.5) is 0 Å². The molecule has 1 atom stereocenters. The lowest BCUT2D eigenvalue weighted by molar-refractivity contribution is 0.126. The molecule has 0 amide bonds. The molecule has 0 aliphatic rings. The fourth-order valence-corrected chi connectivity index (χ4v) is 13.9. The summed E-state index contributed by atoms with van der Waals surface area (Å²) in [6.07, 6.45) is 18.0. The first-order valence-corrected chi connectivity index (χ1v) is 27.7. The number of aryl methyl sites for hydroxylation is 4. The van der Waals surface area contributed by atoms with Crippen molar-refractivity contribution in [3.8, 4) is 19.5 Å². The molecule has 65 heavy (non-hydrogen) atoms. The van der Waals surface area contributed by atoms with Gasteiger partial charge in [0.25, 0.3) is 0 Å². The monoisotopic (exact) mass is 934 g/mol. The van der Waals surface area contributed by atoms with Crippen molar-refractivity contribution in [3.63, 3.8) is 0 Å². The van der Waals surface area contributed by atoms with Gasteiger partial charge in [0.05, 0.1) is 9.75 Å². The Balaban J connectivity index is 1.12. The molecule has 4 aromatic heterocycles. The van der Waals surface area contributed by atoms with Gasteiger partial charge in [0.15, 0.2) is 0 Å². The molecular weight excluding hydrogens is 869 g/mol. The molecule has 0 saturated heterocycles. The number of hydrogen-bond acceptors (Lipinski definition) is 6. The molecule has 0 aliphatic heterocycles. The summed E-state index contributed by atoms with van der Waals surface area (Å²) in [5.41, 5.74) is 7.92. The number of rotatable bonds is 23. The van der Waals surface area contributed by atoms with E-state index in [4.69, 9.17) is 0 Å². The van der Waals surface area contributed by atoms with Crippen molar-refractivity contribution in [2.45, 2.75) is 135 Å². The summed E-state index contributed by atoms with van der Waals surface area (Å²) < 4.78 is 2.43. The second-order valence-corrected chi connectivity index (χ2v) is 22.1. The van der Waals surface area contributed by atoms with Crippen molar-refractivity contribution in [1.29, 1.82) is 0 Å². The number of aliphatic hydroxyl groups is 2. The summed E-state index contributed by atoms with van der Waals surface area (Å²) in [6.45, 7) is 8.87. The summed E-state index contributed by atoms with van der Waals surface area (Å²) in [6, 6.07) is 43.5. The summed E-state index contributed by atoms with van der Waals surface area (Å²) in [4.78, 5) is 4.53. The van der Waals surface area contributed by atoms with E-state index in [1.807, 2.05) is 0 Å². The van der Waals surface area contributed by atoms with Crippen LogP contribution >= 0.6 is 45.3 Å². The summed E-state index contributed by atoms with van der Waals surface area (Å²) in [5.74, 6) is 0. The summed E-state index contributed by atoms with van der Waals surface area (Å²) >= 11 is 7.00. The zero-order chi connectivity index (χ0) is 45.2. The van der Waals surface area contributed by atoms with E-state index in [1.54, 1.807) is 45.3 Å². The van der Waals surface area contributed by atoms with Crippen molar-refractivity contribution >= 4 is 54.7 Å². The Kier molecular flexibility index (Phi) is 16.1. The number of hydrogen-bond donors (Lipinski definition) is 2. The number of fused-ring (bicyclic) bond motifs is 1. The predicted octanol–water partition coefficient (Wildman–Crippen LogP) is 17.7. The molecule has 0 radical (unpaired) electrons. The molecule has 0 bridgehead atoms. The SMILES string of the molecule is CCCCCCc1ccc(C(O)(c2ccc(C)cc2)c2ccsc2-c2cc3sc(-c4sccc4C(O)(c4ccc(CCCCCC)cc4)c4ccc(CCCCCC)cc4)cc3s2)cc1. The maximum atomic E-state index is 13.3. The highest BCUT2D eigenvalue weighted by atomic mass is 32.1. The molecule has 338 valence electrons. The van der Waals surface area contributed by atoms with Gasteiger partial charge in [-0.25, -0.2) is 0 Å². The quantitative estimate of drug-likeness (QED) is 0.0628. The first-order chi connectivity index (χ1) is 31.8. The van der Waals surface area contributed by atoms with Crippen LogP contribution in [0.15, 0.2) is 132 Å². The van der Waals surface area contributed by atoms with Crippen LogP contribution in [-0.4, -0.2) is 10.2 Å². The van der Waals surface area contributed by atoms with Crippen molar-refractivity contribution in [3.05, 3.63) is 188 Å². The van der Waals surface area contributed by atoms with Crippen LogP contribution in [-0.2, 0) is 30.5 Å². The Morgan fingerprint density at radius 1 is 0.400 bits per heavy atom. The van der Waals surface area contributed by atoms with E-state index in [0.717, 1.165) is 67.3 Å². The Bertz CT molecular complexity index is 2610. The standard InChI is InChI=1S/C59H66O2S4/c1-5-8-11-14-17-43-22-30-47(31-23-43)58(60,46-28-20-42(4)21-29-46)50-36-38-62-56(50)54-40-52-53(64-54)41-55(65-52)57-51(37-39-63-57)59(61,48-32-24-44(25-33-48)18-15-12-9-6-2)49-34-26-45(27-35-49)19-16-13-10-7-3/h20-41,60-61H,5-19H2,1-4H3.